The minimum Gasteiger partial charge on any atom is -0.508 e. The fourth-order valence-corrected chi connectivity index (χ4v) is 10.7. The Morgan fingerprint density at radius 3 is 1.50 bits per heavy atom. The van der Waals surface area contributed by atoms with Crippen molar-refractivity contribution in [3.63, 3.8) is 0 Å². The largest absolute Gasteiger partial charge is 0.508 e. The highest BCUT2D eigenvalue weighted by Gasteiger charge is 2.43. The number of phenols is 1. The van der Waals surface area contributed by atoms with Gasteiger partial charge in [-0.25, -0.2) is 0 Å². The van der Waals surface area contributed by atoms with Crippen molar-refractivity contribution in [3.8, 4) is 5.75 Å². The fourth-order valence-electron chi connectivity index (χ4n) is 10.7. The van der Waals surface area contributed by atoms with Gasteiger partial charge in [0.05, 0.1) is 38.1 Å². The predicted molar refractivity (Wildman–Crippen MR) is 345 cm³/mol. The molecule has 2 radical (unpaired) electrons. The fraction of sp³-hybridized carbons (Fsp3) is 0.581. The van der Waals surface area contributed by atoms with Crippen LogP contribution < -0.4 is 70.4 Å². The highest BCUT2D eigenvalue weighted by Crippen LogP contribution is 2.23. The van der Waals surface area contributed by atoms with Gasteiger partial charge in [-0.1, -0.05) is 32.9 Å². The number of hydrogen-bond acceptors (Lipinski definition) is 21. The van der Waals surface area contributed by atoms with E-state index >= 15 is 0 Å². The number of aliphatic hydroxyl groups excluding tert-OH is 2. The zero-order valence-corrected chi connectivity index (χ0v) is 55.7. The molecule has 552 valence electrons. The van der Waals surface area contributed by atoms with E-state index in [1.165, 1.54) is 37.6 Å². The molecule has 0 aromatic heterocycles. The third kappa shape index (κ3) is 28.6. The Hall–Kier alpha value is -10.4. The van der Waals surface area contributed by atoms with Crippen LogP contribution in [0.5, 0.6) is 5.75 Å². The van der Waals surface area contributed by atoms with E-state index in [-0.39, 0.29) is 62.4 Å². The average molecular weight is 1410 g/mol. The van der Waals surface area contributed by atoms with Crippen molar-refractivity contribution in [2.24, 2.45) is 23.1 Å². The molecule has 3 rings (SSSR count). The van der Waals surface area contributed by atoms with E-state index in [0.29, 0.717) is 6.29 Å². The summed E-state index contributed by atoms with van der Waals surface area (Å²) in [5.41, 5.74) is 16.5. The minimum atomic E-state index is -1.87. The number of amides is 15. The standard InChI is InChI=1S/C62H91N15O23/c1-5-8-48(85)69-42(30-79)57(95)75-52(32(4)80)60(98)72-39(18-22-51(89)90)62(100)77-24-7-10-44(77)59(97)70-37(15-19-45(63)82)54(92)73-40(26-33-11-13-35(81)14-12-33)56(94)71-38(16-20-46(64)83)61(99)76-23-6-9-43(76)58(96)66-28-49(86)68-36(17-21-50(87)88)53(91)74-41(27-47(65)84)55(93)67-34(29-78)25-31(2)3/h5,8,11-14,29,31-32,34,36-44,52,79-81H,6-7,9-10,15-28,30H2,1-4H3,(H2,63,82)(H2,64,83)(H2,65,84)(H,66,96)(H,67,93)(H,68,86)(H,69,85)(H,70,97)(H,71,94)(H,72,98)(H,73,92)(H,74,91)(H,75,95)(H,87,88)(H,89,90). The molecule has 2 saturated heterocycles. The summed E-state index contributed by atoms with van der Waals surface area (Å²) in [6.45, 7) is 3.95. The van der Waals surface area contributed by atoms with Crippen LogP contribution in [0.1, 0.15) is 123 Å². The summed E-state index contributed by atoms with van der Waals surface area (Å²) in [6.07, 6.45) is -4.48. The van der Waals surface area contributed by atoms with Gasteiger partial charge in [-0.2, -0.15) is 0 Å². The Morgan fingerprint density at radius 2 is 1.01 bits per heavy atom. The molecule has 1 aromatic rings. The van der Waals surface area contributed by atoms with Gasteiger partial charge in [0.25, 0.3) is 0 Å². The van der Waals surface area contributed by atoms with Crippen LogP contribution in [0.15, 0.2) is 24.3 Å². The van der Waals surface area contributed by atoms with Crippen LogP contribution >= 0.6 is 0 Å². The summed E-state index contributed by atoms with van der Waals surface area (Å²) in [6, 6.07) is -12.4. The topological polar surface area (TPSA) is 613 Å². The van der Waals surface area contributed by atoms with Crippen molar-refractivity contribution in [1.29, 1.82) is 0 Å². The number of nitrogens with zero attached hydrogens (tertiary/aromatic N) is 2. The van der Waals surface area contributed by atoms with Crippen LogP contribution in [0.3, 0.4) is 0 Å². The minimum absolute atomic E-state index is 0.0304. The molecule has 21 N–H and O–H groups in total. The summed E-state index contributed by atoms with van der Waals surface area (Å²) in [7, 11) is 0. The number of carbonyl (C=O) groups excluding carboxylic acids is 16. The van der Waals surface area contributed by atoms with E-state index in [1.54, 1.807) is 13.8 Å². The van der Waals surface area contributed by atoms with Gasteiger partial charge < -0.3 is 110 Å². The number of rotatable bonds is 44. The lowest BCUT2D eigenvalue weighted by atomic mass is 10.0. The summed E-state index contributed by atoms with van der Waals surface area (Å²) in [5, 5.41) is 72.8. The van der Waals surface area contributed by atoms with E-state index in [2.05, 4.69) is 53.2 Å². The lowest BCUT2D eigenvalue weighted by Gasteiger charge is -2.31. The van der Waals surface area contributed by atoms with E-state index < -0.39 is 250 Å². The molecule has 12 atom stereocenters. The van der Waals surface area contributed by atoms with E-state index in [4.69, 9.17) is 17.2 Å². The second-order valence-electron chi connectivity index (χ2n) is 24.3. The number of carboxylic acid groups (broad SMARTS) is 2. The Balaban J connectivity index is 1.90. The Morgan fingerprint density at radius 1 is 0.550 bits per heavy atom. The third-order valence-electron chi connectivity index (χ3n) is 15.7. The van der Waals surface area contributed by atoms with Crippen molar-refractivity contribution < 1.29 is 112 Å². The highest BCUT2D eigenvalue weighted by molar-refractivity contribution is 6.00. The first kappa shape index (κ1) is 83.8. The summed E-state index contributed by atoms with van der Waals surface area (Å²) >= 11 is 0. The number of aliphatic hydroxyl groups is 2. The number of aldehydes is 1. The molecular weight excluding hydrogens is 1320 g/mol. The number of aliphatic carboxylic acids is 2. The molecule has 0 spiro atoms. The maximum atomic E-state index is 14.6. The maximum Gasteiger partial charge on any atom is 0.303 e. The van der Waals surface area contributed by atoms with Crippen LogP contribution in [0, 0.1) is 18.8 Å². The number of primary amides is 3. The first-order valence-corrected chi connectivity index (χ1v) is 32.1. The van der Waals surface area contributed by atoms with Gasteiger partial charge in [-0.05, 0) is 94.7 Å². The molecule has 0 aliphatic carbocycles. The predicted octanol–water partition coefficient (Wildman–Crippen LogP) is -7.42. The summed E-state index contributed by atoms with van der Waals surface area (Å²) < 4.78 is 0. The molecule has 2 heterocycles. The Labute approximate surface area is 574 Å². The normalized spacial score (nSPS) is 17.1. The van der Waals surface area contributed by atoms with E-state index in [9.17, 15) is 112 Å². The Bertz CT molecular complexity index is 3130. The molecule has 38 heteroatoms. The molecule has 2 aliphatic heterocycles. The van der Waals surface area contributed by atoms with Gasteiger partial charge >= 0.3 is 11.9 Å². The molecule has 12 unspecified atom stereocenters. The lowest BCUT2D eigenvalue weighted by molar-refractivity contribution is -0.144. The van der Waals surface area contributed by atoms with Crippen molar-refractivity contribution >= 4 is 107 Å². The van der Waals surface area contributed by atoms with Crippen LogP contribution in [0.25, 0.3) is 0 Å². The van der Waals surface area contributed by atoms with Crippen molar-refractivity contribution in [1.82, 2.24) is 63.0 Å². The molecule has 38 nitrogen and oxygen atoms in total. The first-order chi connectivity index (χ1) is 47.1. The van der Waals surface area contributed by atoms with Gasteiger partial charge in [0, 0.05) is 45.2 Å². The van der Waals surface area contributed by atoms with Crippen molar-refractivity contribution in [3.05, 3.63) is 42.7 Å². The number of aromatic hydroxyl groups is 1. The van der Waals surface area contributed by atoms with Gasteiger partial charge in [0.2, 0.25) is 88.6 Å². The quantitative estimate of drug-likeness (QED) is 0.0270. The molecule has 0 bridgehead atoms. The second-order valence-corrected chi connectivity index (χ2v) is 24.3. The molecule has 2 aliphatic rings. The average Bonchev–Trinajstić information content (AvgIpc) is 1.62. The number of carboxylic acids is 2. The molecule has 1 aromatic carbocycles. The number of phenolic OH excluding ortho intramolecular Hbond substituents is 1. The number of nitrogens with two attached hydrogens (primary N) is 3. The lowest BCUT2D eigenvalue weighted by Crippen LogP contribution is -2.61. The SMILES string of the molecule is C[CH][CH]C(=O)NC(CO)C(=O)NC(C(=O)NC(CCC(=O)O)C(=O)N1CCCC1C(=O)NC(CCC(N)=O)C(=O)NC(Cc1ccc(O)cc1)C(=O)NC(CCC(N)=O)C(=O)N1CCCC1C(=O)NCC(=O)NC(CCC(=O)O)C(=O)NC(CC(N)=O)C(=O)NC(C=O)CC(C)C)C(C)O. The molecular formula is C62H91N15O23. The first-order valence-electron chi connectivity index (χ1n) is 32.1. The van der Waals surface area contributed by atoms with Gasteiger partial charge in [-0.15, -0.1) is 0 Å². The number of nitrogens with one attached hydrogen (secondary N) is 10. The van der Waals surface area contributed by atoms with E-state index in [1.807, 2.05) is 0 Å². The second kappa shape index (κ2) is 41.8. The summed E-state index contributed by atoms with van der Waals surface area (Å²) in [4.78, 5) is 239. The smallest absolute Gasteiger partial charge is 0.303 e. The van der Waals surface area contributed by atoms with Crippen LogP contribution in [-0.2, 0) is 92.7 Å². The molecule has 2 fully saturated rings. The van der Waals surface area contributed by atoms with Crippen molar-refractivity contribution in [2.75, 3.05) is 26.2 Å². The number of carbonyl (C=O) groups is 18. The Kier molecular flexibility index (Phi) is 35.0. The third-order valence-corrected chi connectivity index (χ3v) is 15.7. The molecule has 15 amide bonds. The van der Waals surface area contributed by atoms with Crippen LogP contribution in [0.4, 0.5) is 0 Å². The number of benzene rings is 1. The van der Waals surface area contributed by atoms with E-state index in [0.717, 1.165) is 23.1 Å². The zero-order valence-electron chi connectivity index (χ0n) is 55.7. The highest BCUT2D eigenvalue weighted by atomic mass is 16.4. The molecule has 0 saturated carbocycles. The summed E-state index contributed by atoms with van der Waals surface area (Å²) in [5.74, 6) is -18.7. The van der Waals surface area contributed by atoms with Crippen LogP contribution in [-0.4, -0.2) is 241 Å². The monoisotopic (exact) mass is 1410 g/mol. The van der Waals surface area contributed by atoms with Gasteiger partial charge in [0.1, 0.15) is 72.5 Å². The maximum absolute atomic E-state index is 14.6. The van der Waals surface area contributed by atoms with Gasteiger partial charge in [-0.3, -0.25) is 81.5 Å². The number of likely N-dealkylation sites (tertiary alicyclic amines) is 2. The molecule has 100 heavy (non-hydrogen) atoms. The van der Waals surface area contributed by atoms with Crippen molar-refractivity contribution in [2.45, 2.75) is 197 Å². The number of hydrogen-bond donors (Lipinski definition) is 18. The zero-order chi connectivity index (χ0) is 75.1. The van der Waals surface area contributed by atoms with Gasteiger partial charge in [0.15, 0.2) is 0 Å². The van der Waals surface area contributed by atoms with Crippen LogP contribution in [0.2, 0.25) is 0 Å².